The molecule has 0 saturated heterocycles. The van der Waals surface area contributed by atoms with Crippen LogP contribution in [0.5, 0.6) is 0 Å². The molecule has 0 aromatic heterocycles. The lowest BCUT2D eigenvalue weighted by atomic mass is 10.1. The van der Waals surface area contributed by atoms with Gasteiger partial charge in [-0.1, -0.05) is 12.1 Å². The Morgan fingerprint density at radius 1 is 1.43 bits per heavy atom. The molecule has 114 valence electrons. The highest BCUT2D eigenvalue weighted by Gasteiger charge is 2.18. The number of carbonyl (C=O) groups is 2. The summed E-state index contributed by atoms with van der Waals surface area (Å²) in [4.78, 5) is 32.8. The number of carbonyl (C=O) groups excluding carboxylic acids is 2. The summed E-state index contributed by atoms with van der Waals surface area (Å²) in [5.74, 6) is 0. The number of primary amides is 1. The molecular formula is C12H17N4O5+. The molecule has 21 heavy (non-hydrogen) atoms. The number of nitro groups is 1. The molecule has 0 aliphatic carbocycles. The third-order valence-electron chi connectivity index (χ3n) is 2.72. The smallest absolute Gasteiger partial charge is 0.417 e. The summed E-state index contributed by atoms with van der Waals surface area (Å²) >= 11 is 0. The van der Waals surface area contributed by atoms with Crippen molar-refractivity contribution in [1.29, 1.82) is 0 Å². The van der Waals surface area contributed by atoms with Gasteiger partial charge < -0.3 is 16.2 Å². The maximum Gasteiger partial charge on any atom is 0.417 e. The van der Waals surface area contributed by atoms with Crippen molar-refractivity contribution in [1.82, 2.24) is 4.90 Å². The van der Waals surface area contributed by atoms with Gasteiger partial charge in [0, 0.05) is 25.6 Å². The third kappa shape index (κ3) is 5.07. The first kappa shape index (κ1) is 16.4. The number of non-ortho nitro benzene ring substituents is 1. The van der Waals surface area contributed by atoms with Gasteiger partial charge in [-0.2, -0.15) is 0 Å². The van der Waals surface area contributed by atoms with Crippen molar-refractivity contribution in [2.24, 2.45) is 5.73 Å². The Morgan fingerprint density at radius 3 is 2.48 bits per heavy atom. The first-order valence-electron chi connectivity index (χ1n) is 6.07. The quantitative estimate of drug-likeness (QED) is 0.575. The van der Waals surface area contributed by atoms with E-state index in [1.165, 1.54) is 19.2 Å². The van der Waals surface area contributed by atoms with E-state index in [1.807, 2.05) is 0 Å². The Bertz CT molecular complexity index is 531. The fraction of sp³-hybridized carbons (Fsp3) is 0.333. The Morgan fingerprint density at radius 2 is 2.00 bits per heavy atom. The molecule has 0 unspecified atom stereocenters. The lowest BCUT2D eigenvalue weighted by molar-refractivity contribution is -0.424. The zero-order valence-corrected chi connectivity index (χ0v) is 11.5. The number of rotatable bonds is 5. The number of quaternary nitrogens is 1. The number of amides is 3. The predicted molar refractivity (Wildman–Crippen MR) is 72.2 cm³/mol. The van der Waals surface area contributed by atoms with E-state index in [9.17, 15) is 19.7 Å². The molecule has 3 amide bonds. The SMILES string of the molecule is CN(C(N)=O)C(=O)OC[C@H]([NH3+])Cc1ccc([N+](=O)[O-])cc1. The topological polar surface area (TPSA) is 143 Å². The third-order valence-corrected chi connectivity index (χ3v) is 2.72. The minimum atomic E-state index is -0.906. The highest BCUT2D eigenvalue weighted by Crippen LogP contribution is 2.12. The molecule has 0 aliphatic rings. The van der Waals surface area contributed by atoms with Crippen molar-refractivity contribution in [3.63, 3.8) is 0 Å². The lowest BCUT2D eigenvalue weighted by Crippen LogP contribution is -2.64. The van der Waals surface area contributed by atoms with Crippen LogP contribution in [0.25, 0.3) is 0 Å². The summed E-state index contributed by atoms with van der Waals surface area (Å²) in [5.41, 5.74) is 9.58. The summed E-state index contributed by atoms with van der Waals surface area (Å²) in [7, 11) is 1.21. The van der Waals surface area contributed by atoms with Gasteiger partial charge >= 0.3 is 12.1 Å². The largest absolute Gasteiger partial charge is 0.443 e. The normalized spacial score (nSPS) is 11.5. The van der Waals surface area contributed by atoms with E-state index in [0.29, 0.717) is 11.3 Å². The van der Waals surface area contributed by atoms with Gasteiger partial charge in [-0.3, -0.25) is 10.1 Å². The van der Waals surface area contributed by atoms with Crippen LogP contribution in [0.15, 0.2) is 24.3 Å². The second kappa shape index (κ2) is 7.20. The monoisotopic (exact) mass is 297 g/mol. The average Bonchev–Trinajstić information content (AvgIpc) is 2.44. The maximum atomic E-state index is 11.4. The van der Waals surface area contributed by atoms with Gasteiger partial charge in [-0.05, 0) is 5.56 Å². The van der Waals surface area contributed by atoms with Crippen molar-refractivity contribution in [2.45, 2.75) is 12.5 Å². The summed E-state index contributed by atoms with van der Waals surface area (Å²) in [6, 6.07) is 4.87. The van der Waals surface area contributed by atoms with Gasteiger partial charge in [0.05, 0.1) is 4.92 Å². The van der Waals surface area contributed by atoms with Crippen molar-refractivity contribution < 1.29 is 25.0 Å². The Balaban J connectivity index is 2.46. The number of nitro benzene ring substituents is 1. The standard InChI is InChI=1S/C12H16N4O5/c1-15(11(14)17)12(18)21-7-9(13)6-8-2-4-10(5-3-8)16(19)20/h2-5,9H,6-7,13H2,1H3,(H2,14,17)/p+1/t9-/m1/s1. The molecule has 0 saturated carbocycles. The highest BCUT2D eigenvalue weighted by molar-refractivity contribution is 5.89. The summed E-state index contributed by atoms with van der Waals surface area (Å²) in [6.45, 7) is 0.00738. The molecule has 0 aliphatic heterocycles. The molecule has 0 radical (unpaired) electrons. The molecule has 9 nitrogen and oxygen atoms in total. The van der Waals surface area contributed by atoms with Crippen molar-refractivity contribution >= 4 is 17.8 Å². The summed E-state index contributed by atoms with van der Waals surface area (Å²) in [6.07, 6.45) is -0.370. The van der Waals surface area contributed by atoms with Crippen LogP contribution in [-0.2, 0) is 11.2 Å². The number of urea groups is 1. The molecule has 1 rings (SSSR count). The van der Waals surface area contributed by atoms with Crippen LogP contribution in [0, 0.1) is 10.1 Å². The Kier molecular flexibility index (Phi) is 5.61. The van der Waals surface area contributed by atoms with Crippen LogP contribution in [0.1, 0.15) is 5.56 Å². The van der Waals surface area contributed by atoms with E-state index < -0.39 is 17.0 Å². The van der Waals surface area contributed by atoms with E-state index in [1.54, 1.807) is 12.1 Å². The maximum absolute atomic E-state index is 11.4. The number of ether oxygens (including phenoxy) is 1. The van der Waals surface area contributed by atoms with Crippen LogP contribution < -0.4 is 11.5 Å². The van der Waals surface area contributed by atoms with E-state index >= 15 is 0 Å². The second-order valence-corrected chi connectivity index (χ2v) is 4.47. The molecule has 0 fully saturated rings. The first-order chi connectivity index (χ1) is 9.81. The fourth-order valence-electron chi connectivity index (χ4n) is 1.52. The van der Waals surface area contributed by atoms with Gasteiger partial charge in [-0.25, -0.2) is 14.5 Å². The van der Waals surface area contributed by atoms with Gasteiger partial charge in [0.15, 0.2) is 0 Å². The van der Waals surface area contributed by atoms with Crippen LogP contribution >= 0.6 is 0 Å². The number of hydrogen-bond donors (Lipinski definition) is 2. The summed E-state index contributed by atoms with van der Waals surface area (Å²) in [5, 5.41) is 10.5. The Labute approximate surface area is 120 Å². The van der Waals surface area contributed by atoms with Gasteiger partial charge in [0.25, 0.3) is 5.69 Å². The number of hydrogen-bond acceptors (Lipinski definition) is 5. The Hall–Kier alpha value is -2.68. The predicted octanol–water partition coefficient (Wildman–Crippen LogP) is -0.105. The van der Waals surface area contributed by atoms with Crippen LogP contribution in [0.2, 0.25) is 0 Å². The van der Waals surface area contributed by atoms with Crippen LogP contribution in [0.4, 0.5) is 15.3 Å². The van der Waals surface area contributed by atoms with Crippen LogP contribution in [0.3, 0.4) is 0 Å². The van der Waals surface area contributed by atoms with Crippen LogP contribution in [-0.4, -0.2) is 41.6 Å². The van der Waals surface area contributed by atoms with Crippen molar-refractivity contribution in [3.8, 4) is 0 Å². The molecular weight excluding hydrogens is 280 g/mol. The molecule has 9 heteroatoms. The van der Waals surface area contributed by atoms with Crippen molar-refractivity contribution in [3.05, 3.63) is 39.9 Å². The zero-order valence-electron chi connectivity index (χ0n) is 11.5. The molecule has 1 aromatic carbocycles. The average molecular weight is 297 g/mol. The second-order valence-electron chi connectivity index (χ2n) is 4.47. The molecule has 1 aromatic rings. The molecule has 0 spiro atoms. The highest BCUT2D eigenvalue weighted by atomic mass is 16.6. The van der Waals surface area contributed by atoms with Gasteiger partial charge in [-0.15, -0.1) is 0 Å². The first-order valence-corrected chi connectivity index (χ1v) is 6.07. The number of imide groups is 1. The van der Waals surface area contributed by atoms with E-state index in [0.717, 1.165) is 5.56 Å². The lowest BCUT2D eigenvalue weighted by Gasteiger charge is -2.14. The fourth-order valence-corrected chi connectivity index (χ4v) is 1.52. The molecule has 1 atom stereocenters. The van der Waals surface area contributed by atoms with Gasteiger partial charge in [0.2, 0.25) is 0 Å². The van der Waals surface area contributed by atoms with E-state index in [4.69, 9.17) is 10.5 Å². The van der Waals surface area contributed by atoms with Gasteiger partial charge in [0.1, 0.15) is 12.6 Å². The molecule has 0 heterocycles. The van der Waals surface area contributed by atoms with E-state index in [2.05, 4.69) is 5.73 Å². The van der Waals surface area contributed by atoms with E-state index in [-0.39, 0.29) is 18.3 Å². The van der Waals surface area contributed by atoms with Crippen molar-refractivity contribution in [2.75, 3.05) is 13.7 Å². The number of nitrogens with two attached hydrogens (primary N) is 1. The minimum absolute atomic E-state index is 0.00738. The molecule has 5 N–H and O–H groups in total. The number of nitrogens with zero attached hydrogens (tertiary/aromatic N) is 2. The number of benzene rings is 1. The molecule has 0 bridgehead atoms. The zero-order chi connectivity index (χ0) is 16.0. The summed E-state index contributed by atoms with van der Waals surface area (Å²) < 4.78 is 4.88. The minimum Gasteiger partial charge on any atom is -0.443 e.